The number of anilines is 1. The third-order valence-electron chi connectivity index (χ3n) is 3.25. The zero-order valence-electron chi connectivity index (χ0n) is 11.8. The fourth-order valence-corrected chi connectivity index (χ4v) is 3.29. The van der Waals surface area contributed by atoms with E-state index in [2.05, 4.69) is 13.3 Å². The van der Waals surface area contributed by atoms with Crippen LogP contribution < -0.4 is 14.8 Å². The van der Waals surface area contributed by atoms with Crippen molar-refractivity contribution in [2.45, 2.75) is 6.54 Å². The summed E-state index contributed by atoms with van der Waals surface area (Å²) in [5.74, 6) is 1.59. The molecule has 1 aromatic heterocycles. The zero-order chi connectivity index (χ0) is 14.7. The van der Waals surface area contributed by atoms with Crippen molar-refractivity contribution >= 4 is 31.7 Å². The Kier molecular flexibility index (Phi) is 4.08. The van der Waals surface area contributed by atoms with Crippen LogP contribution >= 0.6 is 0 Å². The fourth-order valence-electron chi connectivity index (χ4n) is 2.14. The molecule has 0 atom stereocenters. The number of hydrogen-bond donors (Lipinski definition) is 1. The number of rotatable bonds is 5. The number of nitrogens with zero attached hydrogens (tertiary/aromatic N) is 2. The number of fused-ring (bicyclic) bond motifs is 1. The van der Waals surface area contributed by atoms with Crippen LogP contribution in [0, 0.1) is 0 Å². The number of hydrogen-bond acceptors (Lipinski definition) is 5. The Balaban J connectivity index is 1.83. The molecule has 0 aliphatic rings. The van der Waals surface area contributed by atoms with Crippen molar-refractivity contribution in [3.8, 4) is 11.5 Å². The molecule has 0 bridgehead atoms. The van der Waals surface area contributed by atoms with Gasteiger partial charge in [0, 0.05) is 0 Å². The van der Waals surface area contributed by atoms with E-state index in [0.29, 0.717) is 6.54 Å². The van der Waals surface area contributed by atoms with E-state index in [1.165, 1.54) is 0 Å². The van der Waals surface area contributed by atoms with Crippen molar-refractivity contribution in [3.63, 3.8) is 0 Å². The van der Waals surface area contributed by atoms with Gasteiger partial charge < -0.3 is 0 Å². The fraction of sp³-hybridized carbons (Fsp3) is 0.200. The van der Waals surface area contributed by atoms with Crippen molar-refractivity contribution < 1.29 is 9.47 Å². The summed E-state index contributed by atoms with van der Waals surface area (Å²) in [6.07, 6.45) is 0. The third-order valence-corrected chi connectivity index (χ3v) is 4.39. The SMILES string of the molecule is COc1ccc(CNc2cccc3n[se]nc23)c(OC)c1. The first-order valence-corrected chi connectivity index (χ1v) is 8.01. The molecule has 0 amide bonds. The van der Waals surface area contributed by atoms with Crippen LogP contribution in [0.4, 0.5) is 5.69 Å². The normalized spacial score (nSPS) is 10.6. The van der Waals surface area contributed by atoms with Crippen LogP contribution in [0.1, 0.15) is 5.56 Å². The first kappa shape index (κ1) is 13.9. The second-order valence-corrected chi connectivity index (χ2v) is 5.58. The van der Waals surface area contributed by atoms with Gasteiger partial charge in [-0.3, -0.25) is 0 Å². The van der Waals surface area contributed by atoms with Gasteiger partial charge in [-0.1, -0.05) is 0 Å². The molecule has 1 heterocycles. The minimum absolute atomic E-state index is 0.0160. The molecule has 1 N–H and O–H groups in total. The Bertz CT molecular complexity index is 758. The molecular weight excluding hydrogens is 333 g/mol. The van der Waals surface area contributed by atoms with Gasteiger partial charge in [-0.05, 0) is 0 Å². The topological polar surface area (TPSA) is 56.3 Å². The Morgan fingerprint density at radius 2 is 2.00 bits per heavy atom. The van der Waals surface area contributed by atoms with E-state index in [9.17, 15) is 0 Å². The van der Waals surface area contributed by atoms with Gasteiger partial charge in [-0.25, -0.2) is 0 Å². The van der Waals surface area contributed by atoms with E-state index in [1.807, 2.05) is 36.4 Å². The summed E-state index contributed by atoms with van der Waals surface area (Å²) in [7, 11) is 3.31. The van der Waals surface area contributed by atoms with Gasteiger partial charge in [0.05, 0.1) is 0 Å². The monoisotopic (exact) mass is 349 g/mol. The van der Waals surface area contributed by atoms with Crippen molar-refractivity contribution in [1.29, 1.82) is 0 Å². The molecule has 0 radical (unpaired) electrons. The quantitative estimate of drug-likeness (QED) is 0.717. The summed E-state index contributed by atoms with van der Waals surface area (Å²) in [5, 5.41) is 3.41. The minimum atomic E-state index is -0.0160. The zero-order valence-corrected chi connectivity index (χ0v) is 13.5. The molecule has 0 fully saturated rings. The molecule has 0 saturated carbocycles. The molecule has 2 aromatic carbocycles. The Hall–Kier alpha value is -2.04. The van der Waals surface area contributed by atoms with Crippen molar-refractivity contribution in [3.05, 3.63) is 42.0 Å². The van der Waals surface area contributed by atoms with Gasteiger partial charge in [0.1, 0.15) is 0 Å². The van der Waals surface area contributed by atoms with Crippen molar-refractivity contribution in [1.82, 2.24) is 7.96 Å². The van der Waals surface area contributed by atoms with Gasteiger partial charge >= 0.3 is 129 Å². The second kappa shape index (κ2) is 6.16. The summed E-state index contributed by atoms with van der Waals surface area (Å²) >= 11 is -0.0160. The summed E-state index contributed by atoms with van der Waals surface area (Å²) < 4.78 is 19.5. The van der Waals surface area contributed by atoms with Crippen LogP contribution in [0.3, 0.4) is 0 Å². The van der Waals surface area contributed by atoms with E-state index in [0.717, 1.165) is 33.8 Å². The summed E-state index contributed by atoms with van der Waals surface area (Å²) in [6, 6.07) is 11.8. The molecule has 6 heteroatoms. The molecule has 0 aliphatic carbocycles. The average Bonchev–Trinajstić information content (AvgIpc) is 3.01. The molecule has 3 aromatic rings. The maximum atomic E-state index is 5.41. The second-order valence-electron chi connectivity index (χ2n) is 4.47. The molecule has 5 nitrogen and oxygen atoms in total. The van der Waals surface area contributed by atoms with Gasteiger partial charge in [-0.15, -0.1) is 0 Å². The molecule has 0 unspecified atom stereocenters. The number of aromatic nitrogens is 2. The standard InChI is InChI=1S/C15H15N3O2Se/c1-19-11-7-6-10(14(8-11)20-2)9-16-12-4-3-5-13-15(12)18-21-17-13/h3-8,16H,9H2,1-2H3. The molecule has 3 rings (SSSR count). The van der Waals surface area contributed by atoms with Gasteiger partial charge in [0.15, 0.2) is 0 Å². The summed E-state index contributed by atoms with van der Waals surface area (Å²) in [6.45, 7) is 0.659. The Labute approximate surface area is 129 Å². The molecular formula is C15H15N3O2Se. The molecule has 0 saturated heterocycles. The van der Waals surface area contributed by atoms with Gasteiger partial charge in [-0.2, -0.15) is 0 Å². The number of methoxy groups -OCH3 is 2. The molecule has 0 spiro atoms. The first-order valence-electron chi connectivity index (χ1n) is 6.48. The number of benzene rings is 2. The van der Waals surface area contributed by atoms with Crippen molar-refractivity contribution in [2.24, 2.45) is 0 Å². The van der Waals surface area contributed by atoms with E-state index in [4.69, 9.17) is 9.47 Å². The first-order chi connectivity index (χ1) is 10.3. The predicted octanol–water partition coefficient (Wildman–Crippen LogP) is 2.32. The number of ether oxygens (including phenoxy) is 2. The summed E-state index contributed by atoms with van der Waals surface area (Å²) in [5.41, 5.74) is 4.01. The Morgan fingerprint density at radius 3 is 2.81 bits per heavy atom. The van der Waals surface area contributed by atoms with Gasteiger partial charge in [0.25, 0.3) is 0 Å². The van der Waals surface area contributed by atoms with Crippen LogP contribution in [-0.4, -0.2) is 37.1 Å². The Morgan fingerprint density at radius 1 is 1.10 bits per heavy atom. The third kappa shape index (κ3) is 2.86. The van der Waals surface area contributed by atoms with Crippen LogP contribution in [0.5, 0.6) is 11.5 Å². The van der Waals surface area contributed by atoms with Crippen LogP contribution in [0.25, 0.3) is 11.0 Å². The molecule has 0 aliphatic heterocycles. The van der Waals surface area contributed by atoms with Crippen LogP contribution in [-0.2, 0) is 6.54 Å². The van der Waals surface area contributed by atoms with Crippen LogP contribution in [0.2, 0.25) is 0 Å². The van der Waals surface area contributed by atoms with E-state index >= 15 is 0 Å². The van der Waals surface area contributed by atoms with Crippen molar-refractivity contribution in [2.75, 3.05) is 19.5 Å². The summed E-state index contributed by atoms with van der Waals surface area (Å²) in [4.78, 5) is 0. The average molecular weight is 348 g/mol. The molecule has 21 heavy (non-hydrogen) atoms. The van der Waals surface area contributed by atoms with E-state index < -0.39 is 0 Å². The van der Waals surface area contributed by atoms with Gasteiger partial charge in [0.2, 0.25) is 0 Å². The maximum absolute atomic E-state index is 5.41. The van der Waals surface area contributed by atoms with E-state index in [-0.39, 0.29) is 15.0 Å². The van der Waals surface area contributed by atoms with E-state index in [1.54, 1.807) is 14.2 Å². The number of nitrogens with one attached hydrogen (secondary N) is 1. The predicted molar refractivity (Wildman–Crippen MR) is 83.4 cm³/mol. The molecule has 108 valence electrons. The van der Waals surface area contributed by atoms with Crippen LogP contribution in [0.15, 0.2) is 36.4 Å².